The predicted octanol–water partition coefficient (Wildman–Crippen LogP) is 2.57. The first-order valence-corrected chi connectivity index (χ1v) is 5.68. The fourth-order valence-corrected chi connectivity index (χ4v) is 1.72. The normalized spacial score (nSPS) is 10.9. The molecule has 0 aliphatic heterocycles. The van der Waals surface area contributed by atoms with Gasteiger partial charge < -0.3 is 11.5 Å². The molecule has 4 nitrogen and oxygen atoms in total. The molecule has 94 valence electrons. The van der Waals surface area contributed by atoms with Crippen LogP contribution in [-0.4, -0.2) is 9.97 Å². The summed E-state index contributed by atoms with van der Waals surface area (Å²) < 4.78 is 13.9. The zero-order valence-corrected chi connectivity index (χ0v) is 10.3. The van der Waals surface area contributed by atoms with Crippen LogP contribution in [-0.2, 0) is 0 Å². The SMILES string of the molecule is CC(C)c1cccc(-c2nc(N)nc(N)c2F)c1. The second-order valence-corrected chi connectivity index (χ2v) is 4.41. The highest BCUT2D eigenvalue weighted by Gasteiger charge is 2.13. The van der Waals surface area contributed by atoms with Gasteiger partial charge in [0.1, 0.15) is 5.69 Å². The largest absolute Gasteiger partial charge is 0.381 e. The first-order valence-electron chi connectivity index (χ1n) is 5.68. The van der Waals surface area contributed by atoms with Crippen LogP contribution in [0.25, 0.3) is 11.3 Å². The fraction of sp³-hybridized carbons (Fsp3) is 0.231. The Hall–Kier alpha value is -2.17. The number of benzene rings is 1. The van der Waals surface area contributed by atoms with Gasteiger partial charge in [-0.25, -0.2) is 9.37 Å². The van der Waals surface area contributed by atoms with Crippen molar-refractivity contribution in [2.75, 3.05) is 11.5 Å². The second kappa shape index (κ2) is 4.60. The monoisotopic (exact) mass is 246 g/mol. The van der Waals surface area contributed by atoms with E-state index < -0.39 is 5.82 Å². The third-order valence-corrected chi connectivity index (χ3v) is 2.72. The van der Waals surface area contributed by atoms with E-state index in [0.29, 0.717) is 11.5 Å². The van der Waals surface area contributed by atoms with E-state index in [0.717, 1.165) is 5.56 Å². The van der Waals surface area contributed by atoms with Gasteiger partial charge in [-0.1, -0.05) is 32.0 Å². The van der Waals surface area contributed by atoms with Crippen LogP contribution in [0.2, 0.25) is 0 Å². The lowest BCUT2D eigenvalue weighted by Gasteiger charge is -2.09. The molecule has 0 spiro atoms. The molecule has 0 amide bonds. The number of nitrogens with two attached hydrogens (primary N) is 2. The van der Waals surface area contributed by atoms with E-state index in [4.69, 9.17) is 11.5 Å². The lowest BCUT2D eigenvalue weighted by molar-refractivity contribution is 0.625. The first kappa shape index (κ1) is 12.3. The summed E-state index contributed by atoms with van der Waals surface area (Å²) in [7, 11) is 0. The Labute approximate surface area is 105 Å². The number of nitrogen functional groups attached to an aromatic ring is 2. The maximum Gasteiger partial charge on any atom is 0.222 e. The number of nitrogens with zero attached hydrogens (tertiary/aromatic N) is 2. The quantitative estimate of drug-likeness (QED) is 0.853. The van der Waals surface area contributed by atoms with E-state index in [-0.39, 0.29) is 17.5 Å². The molecule has 0 radical (unpaired) electrons. The fourth-order valence-electron chi connectivity index (χ4n) is 1.72. The number of hydrogen-bond acceptors (Lipinski definition) is 4. The topological polar surface area (TPSA) is 77.8 Å². The lowest BCUT2D eigenvalue weighted by Crippen LogP contribution is -2.05. The van der Waals surface area contributed by atoms with Crippen molar-refractivity contribution in [3.8, 4) is 11.3 Å². The molecule has 0 aliphatic carbocycles. The van der Waals surface area contributed by atoms with Crippen LogP contribution in [0.15, 0.2) is 24.3 Å². The molecule has 2 aromatic rings. The number of hydrogen-bond donors (Lipinski definition) is 2. The van der Waals surface area contributed by atoms with Crippen molar-refractivity contribution in [1.82, 2.24) is 9.97 Å². The molecule has 1 aromatic carbocycles. The Morgan fingerprint density at radius 3 is 2.56 bits per heavy atom. The molecule has 0 saturated carbocycles. The molecular weight excluding hydrogens is 231 g/mol. The molecule has 0 unspecified atom stereocenters. The Kier molecular flexibility index (Phi) is 3.14. The second-order valence-electron chi connectivity index (χ2n) is 4.41. The Bertz CT molecular complexity index is 581. The van der Waals surface area contributed by atoms with Gasteiger partial charge in [0.15, 0.2) is 11.6 Å². The minimum Gasteiger partial charge on any atom is -0.381 e. The van der Waals surface area contributed by atoms with Crippen molar-refractivity contribution < 1.29 is 4.39 Å². The Morgan fingerprint density at radius 1 is 1.17 bits per heavy atom. The number of aromatic nitrogens is 2. The lowest BCUT2D eigenvalue weighted by atomic mass is 9.99. The van der Waals surface area contributed by atoms with Crippen molar-refractivity contribution >= 4 is 11.8 Å². The molecule has 0 aliphatic rings. The third kappa shape index (κ3) is 2.25. The van der Waals surface area contributed by atoms with E-state index in [1.165, 1.54) is 0 Å². The summed E-state index contributed by atoms with van der Waals surface area (Å²) in [5.41, 5.74) is 12.8. The highest BCUT2D eigenvalue weighted by Crippen LogP contribution is 2.26. The summed E-state index contributed by atoms with van der Waals surface area (Å²) >= 11 is 0. The van der Waals surface area contributed by atoms with Crippen LogP contribution >= 0.6 is 0 Å². The van der Waals surface area contributed by atoms with Gasteiger partial charge in [-0.05, 0) is 17.5 Å². The summed E-state index contributed by atoms with van der Waals surface area (Å²) in [4.78, 5) is 7.50. The van der Waals surface area contributed by atoms with Gasteiger partial charge in [-0.15, -0.1) is 0 Å². The summed E-state index contributed by atoms with van der Waals surface area (Å²) in [5, 5.41) is 0. The zero-order valence-electron chi connectivity index (χ0n) is 10.3. The molecular formula is C13H15FN4. The van der Waals surface area contributed by atoms with E-state index >= 15 is 0 Å². The minimum absolute atomic E-state index is 0.0288. The molecule has 0 bridgehead atoms. The van der Waals surface area contributed by atoms with Gasteiger partial charge in [-0.3, -0.25) is 0 Å². The van der Waals surface area contributed by atoms with Gasteiger partial charge in [0.2, 0.25) is 5.95 Å². The van der Waals surface area contributed by atoms with Gasteiger partial charge in [0.05, 0.1) is 0 Å². The van der Waals surface area contributed by atoms with Crippen LogP contribution < -0.4 is 11.5 Å². The van der Waals surface area contributed by atoms with E-state index in [1.54, 1.807) is 6.07 Å². The van der Waals surface area contributed by atoms with Gasteiger partial charge in [0.25, 0.3) is 0 Å². The van der Waals surface area contributed by atoms with Gasteiger partial charge >= 0.3 is 0 Å². The van der Waals surface area contributed by atoms with Crippen LogP contribution in [0.4, 0.5) is 16.2 Å². The van der Waals surface area contributed by atoms with Crippen molar-refractivity contribution in [3.63, 3.8) is 0 Å². The van der Waals surface area contributed by atoms with Crippen molar-refractivity contribution in [1.29, 1.82) is 0 Å². The Morgan fingerprint density at radius 2 is 1.89 bits per heavy atom. The molecule has 0 fully saturated rings. The number of anilines is 2. The highest BCUT2D eigenvalue weighted by molar-refractivity contribution is 5.65. The van der Waals surface area contributed by atoms with E-state index in [2.05, 4.69) is 23.8 Å². The number of halogens is 1. The van der Waals surface area contributed by atoms with Crippen LogP contribution in [0.1, 0.15) is 25.3 Å². The predicted molar refractivity (Wildman–Crippen MR) is 70.3 cm³/mol. The van der Waals surface area contributed by atoms with Crippen LogP contribution in [0, 0.1) is 5.82 Å². The zero-order chi connectivity index (χ0) is 13.3. The maximum absolute atomic E-state index is 13.9. The van der Waals surface area contributed by atoms with Crippen molar-refractivity contribution in [2.45, 2.75) is 19.8 Å². The summed E-state index contributed by atoms with van der Waals surface area (Å²) in [6.07, 6.45) is 0. The standard InChI is InChI=1S/C13H15FN4/c1-7(2)8-4-3-5-9(6-8)11-10(14)12(15)18-13(16)17-11/h3-7H,1-2H3,(H4,15,16,17,18). The molecule has 2 rings (SSSR count). The molecule has 5 heteroatoms. The molecule has 1 aromatic heterocycles. The molecule has 0 atom stereocenters. The van der Waals surface area contributed by atoms with Crippen molar-refractivity contribution in [2.24, 2.45) is 0 Å². The molecule has 18 heavy (non-hydrogen) atoms. The van der Waals surface area contributed by atoms with Crippen molar-refractivity contribution in [3.05, 3.63) is 35.6 Å². The maximum atomic E-state index is 13.9. The summed E-state index contributed by atoms with van der Waals surface area (Å²) in [6, 6.07) is 7.50. The molecule has 4 N–H and O–H groups in total. The van der Waals surface area contributed by atoms with Gasteiger partial charge in [-0.2, -0.15) is 4.98 Å². The third-order valence-electron chi connectivity index (χ3n) is 2.72. The average Bonchev–Trinajstić information content (AvgIpc) is 2.34. The van der Waals surface area contributed by atoms with E-state index in [1.807, 2.05) is 18.2 Å². The minimum atomic E-state index is -0.634. The van der Waals surface area contributed by atoms with Crippen LogP contribution in [0.3, 0.4) is 0 Å². The summed E-state index contributed by atoms with van der Waals surface area (Å²) in [5.74, 6) is -0.541. The molecule has 0 saturated heterocycles. The highest BCUT2D eigenvalue weighted by atomic mass is 19.1. The van der Waals surface area contributed by atoms with Gasteiger partial charge in [0, 0.05) is 5.56 Å². The summed E-state index contributed by atoms with van der Waals surface area (Å²) in [6.45, 7) is 4.14. The number of rotatable bonds is 2. The van der Waals surface area contributed by atoms with Crippen LogP contribution in [0.5, 0.6) is 0 Å². The first-order chi connectivity index (χ1) is 8.49. The Balaban J connectivity index is 2.58. The molecule has 1 heterocycles. The average molecular weight is 246 g/mol. The smallest absolute Gasteiger partial charge is 0.222 e. The van der Waals surface area contributed by atoms with E-state index in [9.17, 15) is 4.39 Å².